The van der Waals surface area contributed by atoms with Crippen LogP contribution in [0.15, 0.2) is 30.3 Å². The molecule has 1 heterocycles. The van der Waals surface area contributed by atoms with Crippen molar-refractivity contribution in [2.45, 2.75) is 44.1 Å². The van der Waals surface area contributed by atoms with Crippen LogP contribution in [-0.2, 0) is 4.79 Å². The topological polar surface area (TPSA) is 66.4 Å². The number of benzene rings is 1. The van der Waals surface area contributed by atoms with Gasteiger partial charge in [0.2, 0.25) is 0 Å². The zero-order valence-corrected chi connectivity index (χ0v) is 12.8. The van der Waals surface area contributed by atoms with Crippen molar-refractivity contribution >= 4 is 11.8 Å². The summed E-state index contributed by atoms with van der Waals surface area (Å²) in [5.41, 5.74) is 0.869. The predicted molar refractivity (Wildman–Crippen MR) is 83.8 cm³/mol. The molecule has 118 valence electrons. The molecular weight excluding hydrogens is 278 g/mol. The Kier molecular flexibility index (Phi) is 4.30. The number of carbonyl (C=O) groups excluding carboxylic acids is 1. The fourth-order valence-corrected chi connectivity index (χ4v) is 4.03. The van der Waals surface area contributed by atoms with E-state index in [4.69, 9.17) is 5.11 Å². The SMILES string of the molecule is O=C(O)CC1CCC2(CCC(C(=O)c3ccccc3)C2)NC1. The van der Waals surface area contributed by atoms with Crippen LogP contribution in [0.2, 0.25) is 0 Å². The molecule has 2 fully saturated rings. The van der Waals surface area contributed by atoms with Crippen LogP contribution in [0.4, 0.5) is 0 Å². The summed E-state index contributed by atoms with van der Waals surface area (Å²) in [6, 6.07) is 9.54. The highest BCUT2D eigenvalue weighted by Crippen LogP contribution is 2.42. The normalized spacial score (nSPS) is 31.3. The fraction of sp³-hybridized carbons (Fsp3) is 0.556. The summed E-state index contributed by atoms with van der Waals surface area (Å²) in [7, 11) is 0. The van der Waals surface area contributed by atoms with Crippen molar-refractivity contribution in [3.8, 4) is 0 Å². The molecule has 1 aromatic carbocycles. The second-order valence-corrected chi connectivity index (χ2v) is 6.83. The molecule has 1 saturated heterocycles. The second kappa shape index (κ2) is 6.21. The molecule has 4 heteroatoms. The van der Waals surface area contributed by atoms with Crippen LogP contribution in [0.3, 0.4) is 0 Å². The highest BCUT2D eigenvalue weighted by atomic mass is 16.4. The van der Waals surface area contributed by atoms with Crippen molar-refractivity contribution < 1.29 is 14.7 Å². The van der Waals surface area contributed by atoms with Crippen LogP contribution in [0.5, 0.6) is 0 Å². The largest absolute Gasteiger partial charge is 0.481 e. The molecule has 1 aliphatic carbocycles. The van der Waals surface area contributed by atoms with E-state index in [1.807, 2.05) is 30.3 Å². The first-order chi connectivity index (χ1) is 10.6. The van der Waals surface area contributed by atoms with Crippen LogP contribution >= 0.6 is 0 Å². The molecule has 3 atom stereocenters. The Morgan fingerprint density at radius 1 is 1.18 bits per heavy atom. The summed E-state index contributed by atoms with van der Waals surface area (Å²) < 4.78 is 0. The van der Waals surface area contributed by atoms with E-state index in [1.54, 1.807) is 0 Å². The Labute approximate surface area is 130 Å². The number of ketones is 1. The molecule has 0 radical (unpaired) electrons. The Morgan fingerprint density at radius 3 is 2.55 bits per heavy atom. The summed E-state index contributed by atoms with van der Waals surface area (Å²) in [5, 5.41) is 12.5. The minimum atomic E-state index is -0.716. The van der Waals surface area contributed by atoms with Gasteiger partial charge in [0.15, 0.2) is 5.78 Å². The molecule has 1 spiro atoms. The van der Waals surface area contributed by atoms with E-state index in [2.05, 4.69) is 5.32 Å². The third-order valence-corrected chi connectivity index (χ3v) is 5.30. The molecule has 2 N–H and O–H groups in total. The molecule has 0 aromatic heterocycles. The molecule has 1 saturated carbocycles. The van der Waals surface area contributed by atoms with E-state index in [0.29, 0.717) is 0 Å². The van der Waals surface area contributed by atoms with Crippen LogP contribution in [-0.4, -0.2) is 28.9 Å². The third kappa shape index (κ3) is 3.22. The number of aliphatic carboxylic acids is 1. The molecule has 3 unspecified atom stereocenters. The standard InChI is InChI=1S/C18H23NO3/c20-16(21)10-13-6-8-18(19-12-13)9-7-15(11-18)17(22)14-4-2-1-3-5-14/h1-5,13,15,19H,6-12H2,(H,20,21). The number of carbonyl (C=O) groups is 2. The van der Waals surface area contributed by atoms with Crippen LogP contribution in [0.25, 0.3) is 0 Å². The number of nitrogens with one attached hydrogen (secondary N) is 1. The van der Waals surface area contributed by atoms with Crippen LogP contribution in [0, 0.1) is 11.8 Å². The van der Waals surface area contributed by atoms with Gasteiger partial charge < -0.3 is 10.4 Å². The molecule has 22 heavy (non-hydrogen) atoms. The van der Waals surface area contributed by atoms with Gasteiger partial charge in [-0.3, -0.25) is 9.59 Å². The summed E-state index contributed by atoms with van der Waals surface area (Å²) in [6.07, 6.45) is 5.03. The number of Topliss-reactive ketones (excluding diaryl/α,β-unsaturated/α-hetero) is 1. The van der Waals surface area contributed by atoms with E-state index in [1.165, 1.54) is 0 Å². The van der Waals surface area contributed by atoms with Crippen molar-refractivity contribution in [2.75, 3.05) is 6.54 Å². The van der Waals surface area contributed by atoms with E-state index >= 15 is 0 Å². The number of rotatable bonds is 4. The Hall–Kier alpha value is -1.68. The predicted octanol–water partition coefficient (Wildman–Crippen LogP) is 2.88. The number of carboxylic acid groups (broad SMARTS) is 1. The highest BCUT2D eigenvalue weighted by Gasteiger charge is 2.43. The summed E-state index contributed by atoms with van der Waals surface area (Å²) in [6.45, 7) is 0.762. The average molecular weight is 301 g/mol. The number of piperidine rings is 1. The van der Waals surface area contributed by atoms with Gasteiger partial charge in [0.1, 0.15) is 0 Å². The summed E-state index contributed by atoms with van der Waals surface area (Å²) >= 11 is 0. The lowest BCUT2D eigenvalue weighted by Crippen LogP contribution is -2.50. The quantitative estimate of drug-likeness (QED) is 0.839. The van der Waals surface area contributed by atoms with Gasteiger partial charge in [-0.25, -0.2) is 0 Å². The molecule has 0 bridgehead atoms. The monoisotopic (exact) mass is 301 g/mol. The van der Waals surface area contributed by atoms with Crippen LogP contribution in [0.1, 0.15) is 48.9 Å². The molecule has 4 nitrogen and oxygen atoms in total. The van der Waals surface area contributed by atoms with Crippen molar-refractivity contribution in [1.82, 2.24) is 5.32 Å². The van der Waals surface area contributed by atoms with E-state index in [0.717, 1.165) is 44.2 Å². The zero-order valence-electron chi connectivity index (χ0n) is 12.8. The van der Waals surface area contributed by atoms with Gasteiger partial charge in [0.25, 0.3) is 0 Å². The smallest absolute Gasteiger partial charge is 0.303 e. The highest BCUT2D eigenvalue weighted by molar-refractivity contribution is 5.98. The van der Waals surface area contributed by atoms with Gasteiger partial charge in [-0.05, 0) is 44.6 Å². The minimum Gasteiger partial charge on any atom is -0.481 e. The van der Waals surface area contributed by atoms with Crippen molar-refractivity contribution in [3.05, 3.63) is 35.9 Å². The Bertz CT molecular complexity index is 547. The maximum absolute atomic E-state index is 12.6. The maximum Gasteiger partial charge on any atom is 0.303 e. The molecule has 1 aliphatic heterocycles. The number of hydrogen-bond acceptors (Lipinski definition) is 3. The first-order valence-electron chi connectivity index (χ1n) is 8.14. The minimum absolute atomic E-state index is 0.0596. The first kappa shape index (κ1) is 15.2. The fourth-order valence-electron chi connectivity index (χ4n) is 4.03. The van der Waals surface area contributed by atoms with Gasteiger partial charge in [0, 0.05) is 23.4 Å². The molecule has 1 aromatic rings. The van der Waals surface area contributed by atoms with Gasteiger partial charge >= 0.3 is 5.97 Å². The van der Waals surface area contributed by atoms with E-state index in [9.17, 15) is 9.59 Å². The molecule has 2 aliphatic rings. The van der Waals surface area contributed by atoms with Gasteiger partial charge in [-0.15, -0.1) is 0 Å². The first-order valence-corrected chi connectivity index (χ1v) is 8.14. The van der Waals surface area contributed by atoms with Crippen molar-refractivity contribution in [2.24, 2.45) is 11.8 Å². The zero-order chi connectivity index (χ0) is 15.6. The Morgan fingerprint density at radius 2 is 1.91 bits per heavy atom. The van der Waals surface area contributed by atoms with Gasteiger partial charge in [0.05, 0.1) is 0 Å². The third-order valence-electron chi connectivity index (χ3n) is 5.30. The maximum atomic E-state index is 12.6. The van der Waals surface area contributed by atoms with Crippen molar-refractivity contribution in [3.63, 3.8) is 0 Å². The second-order valence-electron chi connectivity index (χ2n) is 6.83. The van der Waals surface area contributed by atoms with E-state index in [-0.39, 0.29) is 29.6 Å². The lowest BCUT2D eigenvalue weighted by Gasteiger charge is -2.38. The number of hydrogen-bond donors (Lipinski definition) is 2. The lowest BCUT2D eigenvalue weighted by atomic mass is 9.81. The van der Waals surface area contributed by atoms with Gasteiger partial charge in [-0.2, -0.15) is 0 Å². The molecular formula is C18H23NO3. The Balaban J connectivity index is 1.59. The number of carboxylic acids is 1. The average Bonchev–Trinajstić information content (AvgIpc) is 2.94. The van der Waals surface area contributed by atoms with Crippen LogP contribution < -0.4 is 5.32 Å². The molecule has 3 rings (SSSR count). The summed E-state index contributed by atoms with van der Waals surface area (Å²) in [5.74, 6) is -0.129. The lowest BCUT2D eigenvalue weighted by molar-refractivity contribution is -0.138. The van der Waals surface area contributed by atoms with E-state index < -0.39 is 5.97 Å². The van der Waals surface area contributed by atoms with Crippen molar-refractivity contribution in [1.29, 1.82) is 0 Å². The summed E-state index contributed by atoms with van der Waals surface area (Å²) in [4.78, 5) is 23.4. The molecule has 0 amide bonds. The van der Waals surface area contributed by atoms with Gasteiger partial charge in [-0.1, -0.05) is 30.3 Å².